The zero-order chi connectivity index (χ0) is 13.9. The summed E-state index contributed by atoms with van der Waals surface area (Å²) in [5.41, 5.74) is 0.0620. The summed E-state index contributed by atoms with van der Waals surface area (Å²) in [7, 11) is 0. The molecule has 0 amide bonds. The molecular weight excluding hydrogens is 240 g/mol. The number of hydrogen-bond acceptors (Lipinski definition) is 2. The van der Waals surface area contributed by atoms with Crippen LogP contribution in [0.1, 0.15) is 26.7 Å². The lowest BCUT2D eigenvalue weighted by atomic mass is 10.3. The molecule has 0 unspecified atom stereocenters. The van der Waals surface area contributed by atoms with Gasteiger partial charge in [0.15, 0.2) is 5.96 Å². The highest BCUT2D eigenvalue weighted by Gasteiger charge is 1.95. The summed E-state index contributed by atoms with van der Waals surface area (Å²) in [6.45, 7) is 7.36. The molecule has 106 valence electrons. The molecule has 19 heavy (non-hydrogen) atoms. The second kappa shape index (κ2) is 9.19. The summed E-state index contributed by atoms with van der Waals surface area (Å²) in [5.74, 6) is 0.863. The molecule has 0 aromatic carbocycles. The summed E-state index contributed by atoms with van der Waals surface area (Å²) < 4.78 is 1.74. The summed E-state index contributed by atoms with van der Waals surface area (Å²) in [6, 6.07) is 5.24. The first-order chi connectivity index (χ1) is 9.27. The highest BCUT2D eigenvalue weighted by molar-refractivity contribution is 5.79. The number of nitrogens with one attached hydrogen (secondary N) is 2. The van der Waals surface area contributed by atoms with Gasteiger partial charge in [-0.05, 0) is 32.8 Å². The number of pyridine rings is 1. The summed E-state index contributed by atoms with van der Waals surface area (Å²) >= 11 is 0. The Morgan fingerprint density at radius 3 is 2.58 bits per heavy atom. The van der Waals surface area contributed by atoms with Crippen LogP contribution in [0.5, 0.6) is 0 Å². The first-order valence-corrected chi connectivity index (χ1v) is 6.95. The Balaban J connectivity index is 2.28. The maximum Gasteiger partial charge on any atom is 0.250 e. The number of guanidine groups is 1. The van der Waals surface area contributed by atoms with E-state index in [-0.39, 0.29) is 5.56 Å². The third-order valence-corrected chi connectivity index (χ3v) is 2.66. The molecule has 0 fully saturated rings. The molecule has 0 aliphatic rings. The molecule has 1 aromatic rings. The van der Waals surface area contributed by atoms with Gasteiger partial charge in [-0.15, -0.1) is 0 Å². The quantitative estimate of drug-likeness (QED) is 0.442. The number of nitrogens with zero attached hydrogens (tertiary/aromatic N) is 2. The number of rotatable bonds is 7. The summed E-state index contributed by atoms with van der Waals surface area (Å²) in [5, 5.41) is 6.37. The van der Waals surface area contributed by atoms with Crippen LogP contribution in [-0.4, -0.2) is 30.2 Å². The van der Waals surface area contributed by atoms with Crippen LogP contribution >= 0.6 is 0 Å². The van der Waals surface area contributed by atoms with E-state index in [2.05, 4.69) is 29.5 Å². The van der Waals surface area contributed by atoms with Crippen molar-refractivity contribution in [2.75, 3.05) is 19.6 Å². The highest BCUT2D eigenvalue weighted by Crippen LogP contribution is 1.93. The molecule has 1 rings (SSSR count). The Bertz CT molecular complexity index is 431. The molecular formula is C14H24N4O. The minimum atomic E-state index is 0.0620. The van der Waals surface area contributed by atoms with Crippen LogP contribution in [-0.2, 0) is 6.54 Å². The van der Waals surface area contributed by atoms with Gasteiger partial charge in [-0.2, -0.15) is 0 Å². The van der Waals surface area contributed by atoms with E-state index in [9.17, 15) is 4.79 Å². The molecule has 5 heteroatoms. The van der Waals surface area contributed by atoms with Crippen LogP contribution in [0.25, 0.3) is 0 Å². The fourth-order valence-corrected chi connectivity index (χ4v) is 1.74. The first kappa shape index (κ1) is 15.3. The van der Waals surface area contributed by atoms with E-state index in [1.807, 2.05) is 12.3 Å². The molecule has 0 spiro atoms. The number of hydrogen-bond donors (Lipinski definition) is 2. The fourth-order valence-electron chi connectivity index (χ4n) is 1.74. The van der Waals surface area contributed by atoms with Gasteiger partial charge in [-0.25, -0.2) is 0 Å². The average molecular weight is 264 g/mol. The van der Waals surface area contributed by atoms with Gasteiger partial charge in [0.1, 0.15) is 0 Å². The van der Waals surface area contributed by atoms with Crippen molar-refractivity contribution in [1.29, 1.82) is 0 Å². The maximum atomic E-state index is 11.5. The number of unbranched alkanes of at least 4 members (excludes halogenated alkanes) is 1. The lowest BCUT2D eigenvalue weighted by Gasteiger charge is -2.09. The summed E-state index contributed by atoms with van der Waals surface area (Å²) in [6.07, 6.45) is 3.76. The molecule has 5 nitrogen and oxygen atoms in total. The number of aryl methyl sites for hydroxylation is 1. The molecule has 0 radical (unpaired) electrons. The van der Waals surface area contributed by atoms with Gasteiger partial charge in [0.2, 0.25) is 5.56 Å². The molecule has 0 saturated heterocycles. The minimum Gasteiger partial charge on any atom is -0.357 e. The van der Waals surface area contributed by atoms with Crippen molar-refractivity contribution >= 4 is 5.96 Å². The Labute approximate surface area is 114 Å². The van der Waals surface area contributed by atoms with Gasteiger partial charge in [0.25, 0.3) is 0 Å². The van der Waals surface area contributed by atoms with Crippen molar-refractivity contribution in [2.45, 2.75) is 33.2 Å². The lowest BCUT2D eigenvalue weighted by molar-refractivity contribution is 0.597. The van der Waals surface area contributed by atoms with E-state index < -0.39 is 0 Å². The monoisotopic (exact) mass is 264 g/mol. The Kier molecular flexibility index (Phi) is 7.39. The van der Waals surface area contributed by atoms with Crippen LogP contribution in [0.4, 0.5) is 0 Å². The molecule has 0 saturated carbocycles. The largest absolute Gasteiger partial charge is 0.357 e. The van der Waals surface area contributed by atoms with Gasteiger partial charge < -0.3 is 15.2 Å². The van der Waals surface area contributed by atoms with Crippen LogP contribution in [0.3, 0.4) is 0 Å². The Morgan fingerprint density at radius 2 is 1.95 bits per heavy atom. The van der Waals surface area contributed by atoms with Gasteiger partial charge in [0, 0.05) is 38.4 Å². The molecule has 2 N–H and O–H groups in total. The van der Waals surface area contributed by atoms with Crippen molar-refractivity contribution in [3.8, 4) is 0 Å². The summed E-state index contributed by atoms with van der Waals surface area (Å²) in [4.78, 5) is 15.9. The third kappa shape index (κ3) is 6.08. The Hall–Kier alpha value is -1.78. The molecule has 0 aliphatic heterocycles. The minimum absolute atomic E-state index is 0.0620. The fraction of sp³-hybridized carbons (Fsp3) is 0.571. The van der Waals surface area contributed by atoms with Gasteiger partial charge in [-0.3, -0.25) is 9.79 Å². The normalized spacial score (nSPS) is 10.0. The van der Waals surface area contributed by atoms with Gasteiger partial charge >= 0.3 is 0 Å². The van der Waals surface area contributed by atoms with Gasteiger partial charge in [-0.1, -0.05) is 6.07 Å². The third-order valence-electron chi connectivity index (χ3n) is 2.66. The molecule has 1 heterocycles. The predicted molar refractivity (Wildman–Crippen MR) is 79.6 cm³/mol. The van der Waals surface area contributed by atoms with Crippen molar-refractivity contribution < 1.29 is 0 Å². The van der Waals surface area contributed by atoms with Crippen molar-refractivity contribution in [1.82, 2.24) is 15.2 Å². The van der Waals surface area contributed by atoms with Crippen LogP contribution in [0.2, 0.25) is 0 Å². The maximum absolute atomic E-state index is 11.5. The smallest absolute Gasteiger partial charge is 0.250 e. The van der Waals surface area contributed by atoms with Crippen molar-refractivity contribution in [2.24, 2.45) is 4.99 Å². The Morgan fingerprint density at radius 1 is 1.21 bits per heavy atom. The second-order valence-electron chi connectivity index (χ2n) is 4.23. The van der Waals surface area contributed by atoms with E-state index >= 15 is 0 Å². The highest BCUT2D eigenvalue weighted by atomic mass is 16.1. The van der Waals surface area contributed by atoms with E-state index in [4.69, 9.17) is 0 Å². The standard InChI is InChI=1S/C14H24N4O/c1-3-15-14(16-4-2)17-10-6-8-12-18-11-7-5-9-13(18)19/h5,7,9,11H,3-4,6,8,10,12H2,1-2H3,(H2,15,16,17). The van der Waals surface area contributed by atoms with Crippen LogP contribution in [0.15, 0.2) is 34.2 Å². The van der Waals surface area contributed by atoms with Crippen LogP contribution < -0.4 is 16.2 Å². The van der Waals surface area contributed by atoms with Gasteiger partial charge in [0.05, 0.1) is 0 Å². The second-order valence-corrected chi connectivity index (χ2v) is 4.23. The van der Waals surface area contributed by atoms with Crippen molar-refractivity contribution in [3.05, 3.63) is 34.7 Å². The molecule has 0 atom stereocenters. The average Bonchev–Trinajstić information content (AvgIpc) is 2.41. The van der Waals surface area contributed by atoms with Crippen molar-refractivity contribution in [3.63, 3.8) is 0 Å². The van der Waals surface area contributed by atoms with E-state index in [0.717, 1.165) is 45.0 Å². The van der Waals surface area contributed by atoms with E-state index in [1.165, 1.54) is 0 Å². The van der Waals surface area contributed by atoms with E-state index in [0.29, 0.717) is 0 Å². The molecule has 0 aliphatic carbocycles. The molecule has 1 aromatic heterocycles. The van der Waals surface area contributed by atoms with E-state index in [1.54, 1.807) is 16.7 Å². The van der Waals surface area contributed by atoms with Crippen LogP contribution in [0, 0.1) is 0 Å². The zero-order valence-electron chi connectivity index (χ0n) is 11.9. The lowest BCUT2D eigenvalue weighted by Crippen LogP contribution is -2.37. The predicted octanol–water partition coefficient (Wildman–Crippen LogP) is 1.20. The number of aromatic nitrogens is 1. The zero-order valence-corrected chi connectivity index (χ0v) is 11.9. The SMILES string of the molecule is CCNC(=NCCCCn1ccccc1=O)NCC. The molecule has 0 bridgehead atoms. The first-order valence-electron chi connectivity index (χ1n) is 6.95. The number of aliphatic imine (C=N–C) groups is 1. The topological polar surface area (TPSA) is 58.4 Å².